The molecule has 2 rings (SSSR count). The van der Waals surface area contributed by atoms with Crippen molar-refractivity contribution in [2.75, 3.05) is 12.4 Å². The summed E-state index contributed by atoms with van der Waals surface area (Å²) in [5.74, 6) is 1.23. The van der Waals surface area contributed by atoms with Crippen molar-refractivity contribution in [2.24, 2.45) is 0 Å². The third-order valence-electron chi connectivity index (χ3n) is 2.62. The largest absolute Gasteiger partial charge is 0.377 e. The van der Waals surface area contributed by atoms with Crippen LogP contribution in [0, 0.1) is 0 Å². The van der Waals surface area contributed by atoms with Gasteiger partial charge in [-0.3, -0.25) is 0 Å². The maximum atomic E-state index is 5.96. The van der Waals surface area contributed by atoms with Gasteiger partial charge in [-0.25, -0.2) is 9.97 Å². The van der Waals surface area contributed by atoms with Crippen LogP contribution >= 0.6 is 11.6 Å². The van der Waals surface area contributed by atoms with E-state index in [0.29, 0.717) is 23.4 Å². The van der Waals surface area contributed by atoms with E-state index in [-0.39, 0.29) is 0 Å². The first-order valence-corrected chi connectivity index (χ1v) is 6.47. The van der Waals surface area contributed by atoms with Gasteiger partial charge in [0, 0.05) is 18.9 Å². The lowest BCUT2D eigenvalue weighted by Gasteiger charge is -2.08. The van der Waals surface area contributed by atoms with Crippen molar-refractivity contribution in [2.45, 2.75) is 20.0 Å². The number of aryl methyl sites for hydroxylation is 1. The molecule has 5 heteroatoms. The van der Waals surface area contributed by atoms with Gasteiger partial charge in [0.2, 0.25) is 0 Å². The molecule has 0 atom stereocenters. The first-order chi connectivity index (χ1) is 9.21. The van der Waals surface area contributed by atoms with Crippen LogP contribution < -0.4 is 5.32 Å². The van der Waals surface area contributed by atoms with Crippen LogP contribution in [0.4, 0.5) is 11.5 Å². The van der Waals surface area contributed by atoms with Crippen LogP contribution in [0.5, 0.6) is 0 Å². The summed E-state index contributed by atoms with van der Waals surface area (Å²) in [6.45, 7) is 2.46. The van der Waals surface area contributed by atoms with Crippen LogP contribution in [0.3, 0.4) is 0 Å². The van der Waals surface area contributed by atoms with Gasteiger partial charge < -0.3 is 10.1 Å². The van der Waals surface area contributed by atoms with Crippen molar-refractivity contribution >= 4 is 23.1 Å². The zero-order chi connectivity index (χ0) is 13.7. The third-order valence-corrected chi connectivity index (χ3v) is 2.82. The lowest BCUT2D eigenvalue weighted by atomic mass is 10.1. The molecule has 0 saturated carbocycles. The lowest BCUT2D eigenvalue weighted by Crippen LogP contribution is -2.01. The van der Waals surface area contributed by atoms with Gasteiger partial charge in [-0.15, -0.1) is 0 Å². The second-order valence-electron chi connectivity index (χ2n) is 4.10. The quantitative estimate of drug-likeness (QED) is 0.849. The summed E-state index contributed by atoms with van der Waals surface area (Å²) in [5.41, 5.74) is 2.25. The number of aromatic nitrogens is 2. The SMILES string of the molecule is CCc1cccc(Nc2cc(Cl)nc(COC)n2)c1. The Morgan fingerprint density at radius 3 is 2.84 bits per heavy atom. The molecule has 1 aromatic carbocycles. The molecular formula is C14H16ClN3O. The number of hydrogen-bond donors (Lipinski definition) is 1. The summed E-state index contributed by atoms with van der Waals surface area (Å²) >= 11 is 5.96. The standard InChI is InChI=1S/C14H16ClN3O/c1-3-10-5-4-6-11(7-10)16-13-8-12(15)17-14(18-13)9-19-2/h4-8H,3,9H2,1-2H3,(H,16,17,18). The monoisotopic (exact) mass is 277 g/mol. The number of nitrogens with zero attached hydrogens (tertiary/aromatic N) is 2. The number of hydrogen-bond acceptors (Lipinski definition) is 4. The van der Waals surface area contributed by atoms with Gasteiger partial charge in [-0.05, 0) is 24.1 Å². The van der Waals surface area contributed by atoms with Crippen LogP contribution in [-0.2, 0) is 17.8 Å². The van der Waals surface area contributed by atoms with Gasteiger partial charge in [-0.2, -0.15) is 0 Å². The summed E-state index contributed by atoms with van der Waals surface area (Å²) in [5, 5.41) is 3.63. The van der Waals surface area contributed by atoms with E-state index >= 15 is 0 Å². The molecule has 0 unspecified atom stereocenters. The molecule has 0 amide bonds. The fourth-order valence-corrected chi connectivity index (χ4v) is 1.94. The molecule has 0 bridgehead atoms. The minimum atomic E-state index is 0.338. The highest BCUT2D eigenvalue weighted by molar-refractivity contribution is 6.29. The van der Waals surface area contributed by atoms with Gasteiger partial charge >= 0.3 is 0 Å². The van der Waals surface area contributed by atoms with Crippen LogP contribution in [0.1, 0.15) is 18.3 Å². The minimum Gasteiger partial charge on any atom is -0.377 e. The minimum absolute atomic E-state index is 0.338. The van der Waals surface area contributed by atoms with E-state index in [9.17, 15) is 0 Å². The van der Waals surface area contributed by atoms with Gasteiger partial charge in [-0.1, -0.05) is 30.7 Å². The predicted molar refractivity (Wildman–Crippen MR) is 76.9 cm³/mol. The molecule has 0 aliphatic heterocycles. The van der Waals surface area contributed by atoms with Gasteiger partial charge in [0.1, 0.15) is 17.6 Å². The molecule has 1 aromatic heterocycles. The van der Waals surface area contributed by atoms with Crippen molar-refractivity contribution in [3.63, 3.8) is 0 Å². The lowest BCUT2D eigenvalue weighted by molar-refractivity contribution is 0.178. The Kier molecular flexibility index (Phi) is 4.71. The van der Waals surface area contributed by atoms with E-state index in [1.54, 1.807) is 13.2 Å². The zero-order valence-corrected chi connectivity index (χ0v) is 11.7. The Bertz CT molecular complexity index is 560. The molecule has 0 aliphatic rings. The molecule has 1 N–H and O–H groups in total. The van der Waals surface area contributed by atoms with Crippen molar-refractivity contribution in [3.8, 4) is 0 Å². The third kappa shape index (κ3) is 3.91. The maximum Gasteiger partial charge on any atom is 0.158 e. The molecule has 0 saturated heterocycles. The molecule has 19 heavy (non-hydrogen) atoms. The fourth-order valence-electron chi connectivity index (χ4n) is 1.74. The van der Waals surface area contributed by atoms with E-state index in [1.807, 2.05) is 12.1 Å². The Balaban J connectivity index is 2.22. The summed E-state index contributed by atoms with van der Waals surface area (Å²) in [6.07, 6.45) is 0.995. The first-order valence-electron chi connectivity index (χ1n) is 6.09. The molecule has 100 valence electrons. The van der Waals surface area contributed by atoms with Gasteiger partial charge in [0.05, 0.1) is 0 Å². The normalized spacial score (nSPS) is 10.5. The Morgan fingerprint density at radius 1 is 1.26 bits per heavy atom. The summed E-state index contributed by atoms with van der Waals surface area (Å²) < 4.78 is 5.01. The molecule has 0 fully saturated rings. The number of ether oxygens (including phenoxy) is 1. The van der Waals surface area contributed by atoms with Crippen molar-refractivity contribution < 1.29 is 4.74 Å². The topological polar surface area (TPSA) is 47.0 Å². The second-order valence-corrected chi connectivity index (χ2v) is 4.49. The number of halogens is 1. The molecule has 0 radical (unpaired) electrons. The van der Waals surface area contributed by atoms with E-state index in [0.717, 1.165) is 12.1 Å². The molecular weight excluding hydrogens is 262 g/mol. The summed E-state index contributed by atoms with van der Waals surface area (Å²) in [6, 6.07) is 9.88. The number of nitrogens with one attached hydrogen (secondary N) is 1. The van der Waals surface area contributed by atoms with Crippen LogP contribution in [-0.4, -0.2) is 17.1 Å². The highest BCUT2D eigenvalue weighted by Crippen LogP contribution is 2.19. The van der Waals surface area contributed by atoms with Gasteiger partial charge in [0.25, 0.3) is 0 Å². The van der Waals surface area contributed by atoms with Crippen LogP contribution in [0.2, 0.25) is 5.15 Å². The van der Waals surface area contributed by atoms with E-state index in [1.165, 1.54) is 5.56 Å². The Morgan fingerprint density at radius 2 is 2.11 bits per heavy atom. The maximum absolute atomic E-state index is 5.96. The molecule has 4 nitrogen and oxygen atoms in total. The second kappa shape index (κ2) is 6.50. The molecule has 0 aliphatic carbocycles. The van der Waals surface area contributed by atoms with Crippen molar-refractivity contribution in [1.29, 1.82) is 0 Å². The zero-order valence-electron chi connectivity index (χ0n) is 11.0. The van der Waals surface area contributed by atoms with Crippen molar-refractivity contribution in [3.05, 3.63) is 46.9 Å². The summed E-state index contributed by atoms with van der Waals surface area (Å²) in [7, 11) is 1.60. The molecule has 2 aromatic rings. The highest BCUT2D eigenvalue weighted by atomic mass is 35.5. The van der Waals surface area contributed by atoms with Crippen LogP contribution in [0.15, 0.2) is 30.3 Å². The van der Waals surface area contributed by atoms with Crippen molar-refractivity contribution in [1.82, 2.24) is 9.97 Å². The number of methoxy groups -OCH3 is 1. The van der Waals surface area contributed by atoms with E-state index in [4.69, 9.17) is 16.3 Å². The smallest absolute Gasteiger partial charge is 0.158 e. The van der Waals surface area contributed by atoms with Gasteiger partial charge in [0.15, 0.2) is 5.82 Å². The fraction of sp³-hybridized carbons (Fsp3) is 0.286. The van der Waals surface area contributed by atoms with E-state index < -0.39 is 0 Å². The predicted octanol–water partition coefficient (Wildman–Crippen LogP) is 3.58. The number of anilines is 2. The highest BCUT2D eigenvalue weighted by Gasteiger charge is 2.04. The Hall–Kier alpha value is -1.65. The van der Waals surface area contributed by atoms with Crippen LogP contribution in [0.25, 0.3) is 0 Å². The van der Waals surface area contributed by atoms with E-state index in [2.05, 4.69) is 34.3 Å². The number of benzene rings is 1. The number of rotatable bonds is 5. The molecule has 0 spiro atoms. The average Bonchev–Trinajstić information content (AvgIpc) is 2.38. The first kappa shape index (κ1) is 13.8. The Labute approximate surface area is 117 Å². The molecule has 1 heterocycles. The summed E-state index contributed by atoms with van der Waals surface area (Å²) in [4.78, 5) is 8.43. The average molecular weight is 278 g/mol.